The molecule has 1 unspecified atom stereocenters. The molecule has 0 fully saturated rings. The summed E-state index contributed by atoms with van der Waals surface area (Å²) in [6.07, 6.45) is -1.37. The van der Waals surface area contributed by atoms with E-state index in [1.54, 1.807) is 0 Å². The fraction of sp³-hybridized carbons (Fsp3) is 0.625. The summed E-state index contributed by atoms with van der Waals surface area (Å²) < 4.78 is 24.3. The van der Waals surface area contributed by atoms with Crippen molar-refractivity contribution in [3.8, 4) is 0 Å². The summed E-state index contributed by atoms with van der Waals surface area (Å²) in [7, 11) is 0. The van der Waals surface area contributed by atoms with E-state index in [2.05, 4.69) is 15.5 Å². The number of alkyl halides is 2. The normalized spacial score (nSPS) is 12.8. The lowest BCUT2D eigenvalue weighted by Crippen LogP contribution is -2.35. The van der Waals surface area contributed by atoms with Gasteiger partial charge < -0.3 is 5.73 Å². The molecule has 1 aromatic rings. The second-order valence-corrected chi connectivity index (χ2v) is 4.14. The number of aromatic nitrogens is 2. The molecule has 3 N–H and O–H groups in total. The Morgan fingerprint density at radius 3 is 2.75 bits per heavy atom. The summed E-state index contributed by atoms with van der Waals surface area (Å²) in [6.45, 7) is 1.90. The Labute approximate surface area is 95.1 Å². The van der Waals surface area contributed by atoms with Crippen molar-refractivity contribution in [3.05, 3.63) is 5.01 Å². The molecule has 0 saturated heterocycles. The summed E-state index contributed by atoms with van der Waals surface area (Å²) in [5.74, 6) is -0.432. The molecule has 5 nitrogen and oxygen atoms in total. The van der Waals surface area contributed by atoms with Crippen LogP contribution >= 0.6 is 11.3 Å². The molecular weight excluding hydrogens is 238 g/mol. The summed E-state index contributed by atoms with van der Waals surface area (Å²) in [5, 5.41) is 8.64. The summed E-state index contributed by atoms with van der Waals surface area (Å²) in [6, 6.07) is -0.649. The number of nitrogens with zero attached hydrogens (tertiary/aromatic N) is 2. The Morgan fingerprint density at radius 1 is 1.56 bits per heavy atom. The smallest absolute Gasteiger partial charge is 0.291 e. The predicted molar refractivity (Wildman–Crippen MR) is 56.4 cm³/mol. The minimum Gasteiger partial charge on any atom is -0.320 e. The molecule has 1 amide bonds. The van der Waals surface area contributed by atoms with E-state index < -0.39 is 23.4 Å². The van der Waals surface area contributed by atoms with Gasteiger partial charge in [0.1, 0.15) is 0 Å². The molecule has 0 aromatic carbocycles. The molecule has 0 saturated carbocycles. The van der Waals surface area contributed by atoms with Crippen LogP contribution in [0.5, 0.6) is 0 Å². The molecule has 0 aliphatic carbocycles. The van der Waals surface area contributed by atoms with Crippen LogP contribution in [0.3, 0.4) is 0 Å². The molecule has 0 aliphatic rings. The SMILES string of the molecule is CCCC(N)C(=O)Nc1nnc(C(F)F)s1. The van der Waals surface area contributed by atoms with Crippen LogP contribution in [-0.2, 0) is 4.79 Å². The highest BCUT2D eigenvalue weighted by Gasteiger charge is 2.17. The van der Waals surface area contributed by atoms with Gasteiger partial charge in [0.05, 0.1) is 6.04 Å². The Morgan fingerprint density at radius 2 is 2.25 bits per heavy atom. The molecule has 1 rings (SSSR count). The quantitative estimate of drug-likeness (QED) is 0.830. The maximum absolute atomic E-state index is 12.2. The fourth-order valence-electron chi connectivity index (χ4n) is 1.01. The van der Waals surface area contributed by atoms with Crippen LogP contribution in [-0.4, -0.2) is 22.1 Å². The lowest BCUT2D eigenvalue weighted by molar-refractivity contribution is -0.117. The first-order valence-electron chi connectivity index (χ1n) is 4.72. The Balaban J connectivity index is 2.56. The first-order valence-corrected chi connectivity index (χ1v) is 5.54. The predicted octanol–water partition coefficient (Wildman–Crippen LogP) is 1.54. The van der Waals surface area contributed by atoms with Crippen molar-refractivity contribution >= 4 is 22.4 Å². The van der Waals surface area contributed by atoms with Crippen LogP contribution in [0, 0.1) is 0 Å². The average molecular weight is 250 g/mol. The van der Waals surface area contributed by atoms with E-state index in [-0.39, 0.29) is 5.13 Å². The van der Waals surface area contributed by atoms with E-state index in [9.17, 15) is 13.6 Å². The third kappa shape index (κ3) is 3.46. The number of amides is 1. The number of rotatable bonds is 5. The van der Waals surface area contributed by atoms with Crippen LogP contribution in [0.4, 0.5) is 13.9 Å². The van der Waals surface area contributed by atoms with Crippen molar-refractivity contribution in [1.82, 2.24) is 10.2 Å². The van der Waals surface area contributed by atoms with Gasteiger partial charge >= 0.3 is 0 Å². The summed E-state index contributed by atoms with van der Waals surface area (Å²) >= 11 is 0.645. The maximum Gasteiger partial charge on any atom is 0.291 e. The van der Waals surface area contributed by atoms with Gasteiger partial charge in [0, 0.05) is 0 Å². The monoisotopic (exact) mass is 250 g/mol. The number of hydrogen-bond acceptors (Lipinski definition) is 5. The Kier molecular flexibility index (Phi) is 4.69. The number of hydrogen-bond donors (Lipinski definition) is 2. The summed E-state index contributed by atoms with van der Waals surface area (Å²) in [5.41, 5.74) is 5.54. The minimum atomic E-state index is -2.67. The van der Waals surface area contributed by atoms with Gasteiger partial charge in [0.25, 0.3) is 6.43 Å². The largest absolute Gasteiger partial charge is 0.320 e. The van der Waals surface area contributed by atoms with Crippen molar-refractivity contribution in [2.45, 2.75) is 32.2 Å². The topological polar surface area (TPSA) is 80.9 Å². The first-order chi connectivity index (χ1) is 7.54. The van der Waals surface area contributed by atoms with Gasteiger partial charge in [-0.05, 0) is 6.42 Å². The minimum absolute atomic E-state index is 0.0480. The van der Waals surface area contributed by atoms with E-state index in [0.717, 1.165) is 6.42 Å². The second kappa shape index (κ2) is 5.80. The molecule has 16 heavy (non-hydrogen) atoms. The zero-order chi connectivity index (χ0) is 12.1. The molecule has 1 aromatic heterocycles. The van der Waals surface area contributed by atoms with Crippen molar-refractivity contribution in [2.75, 3.05) is 5.32 Å². The Bertz CT molecular complexity index is 358. The highest BCUT2D eigenvalue weighted by Crippen LogP contribution is 2.25. The standard InChI is InChI=1S/C8H12F2N4OS/c1-2-3-4(11)6(15)12-8-14-13-7(16-8)5(9)10/h4-5H,2-3,11H2,1H3,(H,12,14,15). The van der Waals surface area contributed by atoms with Gasteiger partial charge in [-0.3, -0.25) is 10.1 Å². The van der Waals surface area contributed by atoms with E-state index in [4.69, 9.17) is 5.73 Å². The van der Waals surface area contributed by atoms with Gasteiger partial charge in [-0.2, -0.15) is 0 Å². The lowest BCUT2D eigenvalue weighted by Gasteiger charge is -2.08. The third-order valence-electron chi connectivity index (χ3n) is 1.79. The molecule has 0 aliphatic heterocycles. The average Bonchev–Trinajstić information content (AvgIpc) is 2.66. The highest BCUT2D eigenvalue weighted by molar-refractivity contribution is 7.15. The van der Waals surface area contributed by atoms with E-state index in [0.29, 0.717) is 17.8 Å². The van der Waals surface area contributed by atoms with Crippen LogP contribution in [0.15, 0.2) is 0 Å². The molecular formula is C8H12F2N4OS. The lowest BCUT2D eigenvalue weighted by atomic mass is 10.2. The zero-order valence-corrected chi connectivity index (χ0v) is 9.43. The van der Waals surface area contributed by atoms with Crippen molar-refractivity contribution in [2.24, 2.45) is 5.73 Å². The van der Waals surface area contributed by atoms with Crippen LogP contribution in [0.2, 0.25) is 0 Å². The zero-order valence-electron chi connectivity index (χ0n) is 8.61. The first kappa shape index (κ1) is 12.9. The number of halogens is 2. The maximum atomic E-state index is 12.2. The molecule has 1 atom stereocenters. The number of carbonyl (C=O) groups is 1. The third-order valence-corrected chi connectivity index (χ3v) is 2.64. The van der Waals surface area contributed by atoms with Crippen LogP contribution in [0.25, 0.3) is 0 Å². The highest BCUT2D eigenvalue weighted by atomic mass is 32.1. The van der Waals surface area contributed by atoms with Gasteiger partial charge in [0.2, 0.25) is 11.0 Å². The van der Waals surface area contributed by atoms with Crippen molar-refractivity contribution < 1.29 is 13.6 Å². The summed E-state index contributed by atoms with van der Waals surface area (Å²) in [4.78, 5) is 11.4. The number of nitrogens with two attached hydrogens (primary N) is 1. The van der Waals surface area contributed by atoms with Crippen molar-refractivity contribution in [1.29, 1.82) is 0 Å². The van der Waals surface area contributed by atoms with Gasteiger partial charge in [-0.25, -0.2) is 8.78 Å². The van der Waals surface area contributed by atoms with Crippen LogP contribution < -0.4 is 11.1 Å². The number of carbonyl (C=O) groups excluding carboxylic acids is 1. The molecule has 0 radical (unpaired) electrons. The number of anilines is 1. The van der Waals surface area contributed by atoms with Crippen molar-refractivity contribution in [3.63, 3.8) is 0 Å². The van der Waals surface area contributed by atoms with E-state index >= 15 is 0 Å². The number of nitrogens with one attached hydrogen (secondary N) is 1. The molecule has 0 spiro atoms. The second-order valence-electron chi connectivity index (χ2n) is 3.13. The van der Waals surface area contributed by atoms with Gasteiger partial charge in [0.15, 0.2) is 5.01 Å². The molecule has 8 heteroatoms. The van der Waals surface area contributed by atoms with Crippen LogP contribution in [0.1, 0.15) is 31.2 Å². The molecule has 90 valence electrons. The van der Waals surface area contributed by atoms with Gasteiger partial charge in [-0.1, -0.05) is 24.7 Å². The molecule has 1 heterocycles. The molecule has 0 bridgehead atoms. The van der Waals surface area contributed by atoms with E-state index in [1.807, 2.05) is 6.92 Å². The fourth-order valence-corrected chi connectivity index (χ4v) is 1.62. The Hall–Kier alpha value is -1.15. The van der Waals surface area contributed by atoms with E-state index in [1.165, 1.54) is 0 Å². The van der Waals surface area contributed by atoms with Gasteiger partial charge in [-0.15, -0.1) is 10.2 Å².